The van der Waals surface area contributed by atoms with Crippen LogP contribution in [0.1, 0.15) is 36.3 Å². The van der Waals surface area contributed by atoms with Crippen LogP contribution in [0.3, 0.4) is 0 Å². The lowest BCUT2D eigenvalue weighted by atomic mass is 9.90. The quantitative estimate of drug-likeness (QED) is 0.399. The Labute approximate surface area is 193 Å². The summed E-state index contributed by atoms with van der Waals surface area (Å²) in [4.78, 5) is 24.0. The molecule has 0 heterocycles. The molecular formula is C27H29FN2O3. The van der Waals surface area contributed by atoms with Crippen LogP contribution in [0.5, 0.6) is 0 Å². The molecule has 0 fully saturated rings. The van der Waals surface area contributed by atoms with Gasteiger partial charge in [-0.05, 0) is 47.2 Å². The lowest BCUT2D eigenvalue weighted by molar-refractivity contribution is -0.126. The van der Waals surface area contributed by atoms with Crippen molar-refractivity contribution in [1.82, 2.24) is 5.32 Å². The molecule has 3 aromatic rings. The topological polar surface area (TPSA) is 81.4 Å². The van der Waals surface area contributed by atoms with Crippen molar-refractivity contribution in [3.05, 3.63) is 95.8 Å². The fourth-order valence-corrected chi connectivity index (χ4v) is 3.63. The number of primary amides is 1. The third-order valence-electron chi connectivity index (χ3n) is 5.40. The summed E-state index contributed by atoms with van der Waals surface area (Å²) in [5.41, 5.74) is 9.53. The third kappa shape index (κ3) is 7.84. The summed E-state index contributed by atoms with van der Waals surface area (Å²) in [5, 5.41) is 2.81. The van der Waals surface area contributed by atoms with Gasteiger partial charge in [0.15, 0.2) is 0 Å². The van der Waals surface area contributed by atoms with E-state index in [2.05, 4.69) is 5.32 Å². The Morgan fingerprint density at radius 3 is 2.36 bits per heavy atom. The lowest BCUT2D eigenvalue weighted by Gasteiger charge is -2.15. The molecule has 0 spiro atoms. The molecular weight excluding hydrogens is 419 g/mol. The molecule has 0 aliphatic carbocycles. The number of amides is 2. The van der Waals surface area contributed by atoms with E-state index in [-0.39, 0.29) is 36.8 Å². The van der Waals surface area contributed by atoms with Crippen molar-refractivity contribution in [3.63, 3.8) is 0 Å². The largest absolute Gasteiger partial charge is 0.369 e. The average Bonchev–Trinajstić information content (AvgIpc) is 2.83. The van der Waals surface area contributed by atoms with Gasteiger partial charge >= 0.3 is 0 Å². The number of ether oxygens (including phenoxy) is 1. The first kappa shape index (κ1) is 24.1. The highest BCUT2D eigenvalue weighted by atomic mass is 19.1. The Morgan fingerprint density at radius 1 is 0.909 bits per heavy atom. The molecule has 0 bridgehead atoms. The molecule has 0 saturated carbocycles. The van der Waals surface area contributed by atoms with Crippen molar-refractivity contribution in [2.24, 2.45) is 5.73 Å². The van der Waals surface area contributed by atoms with E-state index >= 15 is 0 Å². The summed E-state index contributed by atoms with van der Waals surface area (Å²) in [5.74, 6) is -1.24. The molecule has 0 saturated heterocycles. The molecule has 0 aromatic heterocycles. The van der Waals surface area contributed by atoms with Crippen molar-refractivity contribution in [2.75, 3.05) is 13.2 Å². The Kier molecular flexibility index (Phi) is 9.15. The van der Waals surface area contributed by atoms with Crippen LogP contribution >= 0.6 is 0 Å². The second-order valence-corrected chi connectivity index (χ2v) is 7.91. The van der Waals surface area contributed by atoms with Gasteiger partial charge in [0.1, 0.15) is 12.4 Å². The molecule has 1 unspecified atom stereocenters. The van der Waals surface area contributed by atoms with Gasteiger partial charge < -0.3 is 15.8 Å². The molecule has 1 atom stereocenters. The molecule has 3 aromatic carbocycles. The molecule has 2 amide bonds. The summed E-state index contributed by atoms with van der Waals surface area (Å²) in [6.07, 6.45) is 2.09. The van der Waals surface area contributed by atoms with Crippen molar-refractivity contribution >= 4 is 11.8 Å². The number of nitrogens with two attached hydrogens (primary N) is 1. The highest BCUT2D eigenvalue weighted by Crippen LogP contribution is 2.27. The fraction of sp³-hybridized carbons (Fsp3) is 0.259. The van der Waals surface area contributed by atoms with Crippen molar-refractivity contribution in [2.45, 2.75) is 31.8 Å². The smallest absolute Gasteiger partial charge is 0.246 e. The molecule has 3 rings (SSSR count). The average molecular weight is 449 g/mol. The van der Waals surface area contributed by atoms with Crippen LogP contribution in [-0.2, 0) is 20.9 Å². The Bertz CT molecular complexity index is 1040. The summed E-state index contributed by atoms with van der Waals surface area (Å²) in [7, 11) is 0. The molecule has 3 N–H and O–H groups in total. The predicted octanol–water partition coefficient (Wildman–Crippen LogP) is 4.56. The summed E-state index contributed by atoms with van der Waals surface area (Å²) >= 11 is 0. The molecule has 5 nitrogen and oxygen atoms in total. The van der Waals surface area contributed by atoms with Crippen LogP contribution in [0.2, 0.25) is 0 Å². The zero-order valence-corrected chi connectivity index (χ0v) is 18.5. The first-order valence-electron chi connectivity index (χ1n) is 11.1. The van der Waals surface area contributed by atoms with Crippen molar-refractivity contribution < 1.29 is 18.7 Å². The van der Waals surface area contributed by atoms with Gasteiger partial charge in [-0.3, -0.25) is 9.59 Å². The predicted molar refractivity (Wildman–Crippen MR) is 127 cm³/mol. The maximum absolute atomic E-state index is 12.9. The first-order chi connectivity index (χ1) is 16.0. The Morgan fingerprint density at radius 2 is 1.64 bits per heavy atom. The highest BCUT2D eigenvalue weighted by Gasteiger charge is 2.18. The van der Waals surface area contributed by atoms with Crippen LogP contribution in [0.4, 0.5) is 4.39 Å². The van der Waals surface area contributed by atoms with Gasteiger partial charge in [-0.15, -0.1) is 0 Å². The third-order valence-corrected chi connectivity index (χ3v) is 5.40. The molecule has 6 heteroatoms. The van der Waals surface area contributed by atoms with E-state index in [9.17, 15) is 14.0 Å². The zero-order valence-electron chi connectivity index (χ0n) is 18.5. The SMILES string of the molecule is NC(=O)C(CCCCNC(=O)COCc1ccc(F)cc1)c1cccc(-c2ccccc2)c1. The Hall–Kier alpha value is -3.51. The number of hydrogen-bond donors (Lipinski definition) is 2. The van der Waals surface area contributed by atoms with Crippen LogP contribution in [0.15, 0.2) is 78.9 Å². The fourth-order valence-electron chi connectivity index (χ4n) is 3.63. The highest BCUT2D eigenvalue weighted by molar-refractivity contribution is 5.82. The standard InChI is InChI=1S/C27H29FN2O3/c28-24-14-12-20(13-15-24)18-33-19-26(31)30-16-5-4-11-25(27(29)32)23-10-6-9-22(17-23)21-7-2-1-3-8-21/h1-3,6-10,12-15,17,25H,4-5,11,16,18-19H2,(H2,29,32)(H,30,31). The van der Waals surface area contributed by atoms with Gasteiger partial charge in [0.05, 0.1) is 12.5 Å². The summed E-state index contributed by atoms with van der Waals surface area (Å²) < 4.78 is 18.2. The summed E-state index contributed by atoms with van der Waals surface area (Å²) in [6.45, 7) is 0.678. The molecule has 33 heavy (non-hydrogen) atoms. The number of halogens is 1. The molecule has 0 aliphatic heterocycles. The van der Waals surface area contributed by atoms with E-state index in [1.807, 2.05) is 54.6 Å². The second kappa shape index (κ2) is 12.5. The van der Waals surface area contributed by atoms with Gasteiger partial charge in [0.25, 0.3) is 0 Å². The van der Waals surface area contributed by atoms with Gasteiger partial charge in [0.2, 0.25) is 11.8 Å². The maximum atomic E-state index is 12.9. The number of nitrogens with one attached hydrogen (secondary N) is 1. The van der Waals surface area contributed by atoms with Crippen LogP contribution < -0.4 is 11.1 Å². The minimum Gasteiger partial charge on any atom is -0.369 e. The number of carbonyl (C=O) groups excluding carboxylic acids is 2. The van der Waals surface area contributed by atoms with Gasteiger partial charge in [-0.1, -0.05) is 73.2 Å². The number of benzene rings is 3. The number of carbonyl (C=O) groups is 2. The number of hydrogen-bond acceptors (Lipinski definition) is 3. The van der Waals surface area contributed by atoms with E-state index < -0.39 is 0 Å². The van der Waals surface area contributed by atoms with E-state index in [1.165, 1.54) is 12.1 Å². The number of rotatable bonds is 12. The van der Waals surface area contributed by atoms with E-state index in [1.54, 1.807) is 12.1 Å². The van der Waals surface area contributed by atoms with Crippen LogP contribution in [0.25, 0.3) is 11.1 Å². The van der Waals surface area contributed by atoms with Crippen molar-refractivity contribution in [3.8, 4) is 11.1 Å². The van der Waals surface area contributed by atoms with E-state index in [0.717, 1.165) is 35.1 Å². The molecule has 0 radical (unpaired) electrons. The minimum absolute atomic E-state index is 0.0619. The molecule has 172 valence electrons. The second-order valence-electron chi connectivity index (χ2n) is 7.91. The van der Waals surface area contributed by atoms with Crippen LogP contribution in [0, 0.1) is 5.82 Å². The normalized spacial score (nSPS) is 11.7. The minimum atomic E-state index is -0.372. The maximum Gasteiger partial charge on any atom is 0.246 e. The van der Waals surface area contributed by atoms with E-state index in [0.29, 0.717) is 13.0 Å². The molecule has 0 aliphatic rings. The first-order valence-corrected chi connectivity index (χ1v) is 11.1. The lowest BCUT2D eigenvalue weighted by Crippen LogP contribution is -2.28. The van der Waals surface area contributed by atoms with Crippen LogP contribution in [-0.4, -0.2) is 25.0 Å². The zero-order chi connectivity index (χ0) is 23.5. The Balaban J connectivity index is 1.40. The van der Waals surface area contributed by atoms with Crippen molar-refractivity contribution in [1.29, 1.82) is 0 Å². The van der Waals surface area contributed by atoms with Gasteiger partial charge in [-0.25, -0.2) is 4.39 Å². The number of unbranched alkanes of at least 4 members (excludes halogenated alkanes) is 1. The van der Waals surface area contributed by atoms with Gasteiger partial charge in [0, 0.05) is 6.54 Å². The monoisotopic (exact) mass is 448 g/mol. The van der Waals surface area contributed by atoms with Gasteiger partial charge in [-0.2, -0.15) is 0 Å². The van der Waals surface area contributed by atoms with E-state index in [4.69, 9.17) is 10.5 Å². The summed E-state index contributed by atoms with van der Waals surface area (Å²) in [6, 6.07) is 23.9.